The van der Waals surface area contributed by atoms with Gasteiger partial charge in [-0.25, -0.2) is 4.68 Å². The van der Waals surface area contributed by atoms with Crippen LogP contribution in [-0.2, 0) is 6.54 Å². The standard InChI is InChI=1S/C20H29N5/c1-16-13-17(2)25(22-16)20-6-4-3-5-18(20)15-23-9-11-24(12-10-23)19-7-8-21-14-19/h3-6,13,19,21H,7-12,14-15H2,1-2H3. The molecule has 0 saturated carbocycles. The number of para-hydroxylation sites is 1. The van der Waals surface area contributed by atoms with Crippen molar-refractivity contribution in [3.63, 3.8) is 0 Å². The van der Waals surface area contributed by atoms with Crippen LogP contribution in [0.2, 0.25) is 0 Å². The molecule has 25 heavy (non-hydrogen) atoms. The summed E-state index contributed by atoms with van der Waals surface area (Å²) in [6, 6.07) is 11.6. The highest BCUT2D eigenvalue weighted by Gasteiger charge is 2.26. The van der Waals surface area contributed by atoms with Gasteiger partial charge in [0.25, 0.3) is 0 Å². The lowest BCUT2D eigenvalue weighted by molar-refractivity contribution is 0.0981. The second-order valence-electron chi connectivity index (χ2n) is 7.43. The Morgan fingerprint density at radius 1 is 1.12 bits per heavy atom. The van der Waals surface area contributed by atoms with E-state index in [1.165, 1.54) is 49.5 Å². The number of hydrogen-bond donors (Lipinski definition) is 1. The molecule has 2 saturated heterocycles. The Balaban J connectivity index is 1.44. The van der Waals surface area contributed by atoms with Crippen molar-refractivity contribution in [2.75, 3.05) is 39.3 Å². The first kappa shape index (κ1) is 16.8. The number of rotatable bonds is 4. The van der Waals surface area contributed by atoms with E-state index < -0.39 is 0 Å². The SMILES string of the molecule is Cc1cc(C)n(-c2ccccc2CN2CCN(C3CCNC3)CC2)n1. The fourth-order valence-electron chi connectivity index (χ4n) is 4.20. The Hall–Kier alpha value is -1.69. The second-order valence-corrected chi connectivity index (χ2v) is 7.43. The first-order valence-corrected chi connectivity index (χ1v) is 9.49. The summed E-state index contributed by atoms with van der Waals surface area (Å²) in [5, 5.41) is 8.17. The highest BCUT2D eigenvalue weighted by Crippen LogP contribution is 2.20. The zero-order chi connectivity index (χ0) is 17.2. The quantitative estimate of drug-likeness (QED) is 0.924. The minimum absolute atomic E-state index is 0.754. The van der Waals surface area contributed by atoms with E-state index in [1.807, 2.05) is 0 Å². The molecule has 0 bridgehead atoms. The summed E-state index contributed by atoms with van der Waals surface area (Å²) in [4.78, 5) is 5.26. The van der Waals surface area contributed by atoms with Crippen molar-refractivity contribution in [2.24, 2.45) is 0 Å². The number of benzene rings is 1. The van der Waals surface area contributed by atoms with E-state index in [9.17, 15) is 0 Å². The Labute approximate surface area is 150 Å². The Kier molecular flexibility index (Phi) is 4.88. The molecule has 2 aliphatic rings. The minimum Gasteiger partial charge on any atom is -0.315 e. The van der Waals surface area contributed by atoms with E-state index in [-0.39, 0.29) is 0 Å². The maximum absolute atomic E-state index is 4.68. The highest BCUT2D eigenvalue weighted by molar-refractivity contribution is 5.41. The van der Waals surface area contributed by atoms with E-state index in [1.54, 1.807) is 0 Å². The molecule has 0 spiro atoms. The van der Waals surface area contributed by atoms with Crippen LogP contribution in [-0.4, -0.2) is 64.9 Å². The molecule has 0 amide bonds. The van der Waals surface area contributed by atoms with Crippen LogP contribution in [0.1, 0.15) is 23.4 Å². The van der Waals surface area contributed by atoms with Gasteiger partial charge in [-0.05, 0) is 44.5 Å². The summed E-state index contributed by atoms with van der Waals surface area (Å²) in [7, 11) is 0. The normalized spacial score (nSPS) is 22.6. The third kappa shape index (κ3) is 3.64. The molecule has 5 nitrogen and oxygen atoms in total. The number of nitrogens with zero attached hydrogens (tertiary/aromatic N) is 4. The summed E-state index contributed by atoms with van der Waals surface area (Å²) in [5.74, 6) is 0. The van der Waals surface area contributed by atoms with Crippen molar-refractivity contribution in [1.82, 2.24) is 24.9 Å². The predicted molar refractivity (Wildman–Crippen MR) is 101 cm³/mol. The third-order valence-electron chi connectivity index (χ3n) is 5.58. The molecule has 2 fully saturated rings. The zero-order valence-corrected chi connectivity index (χ0v) is 15.4. The summed E-state index contributed by atoms with van der Waals surface area (Å²) < 4.78 is 2.09. The molecule has 1 aromatic heterocycles. The van der Waals surface area contributed by atoms with Crippen LogP contribution in [0.4, 0.5) is 0 Å². The van der Waals surface area contributed by atoms with Crippen LogP contribution in [0.3, 0.4) is 0 Å². The van der Waals surface area contributed by atoms with Crippen LogP contribution in [0, 0.1) is 13.8 Å². The molecule has 5 heteroatoms. The molecule has 1 aromatic carbocycles. The molecule has 3 heterocycles. The van der Waals surface area contributed by atoms with Crippen molar-refractivity contribution < 1.29 is 0 Å². The van der Waals surface area contributed by atoms with Gasteiger partial charge in [0.05, 0.1) is 11.4 Å². The fraction of sp³-hybridized carbons (Fsp3) is 0.550. The maximum Gasteiger partial charge on any atom is 0.0693 e. The van der Waals surface area contributed by atoms with E-state index in [2.05, 4.69) is 69.1 Å². The van der Waals surface area contributed by atoms with E-state index in [0.29, 0.717) is 0 Å². The molecular weight excluding hydrogens is 310 g/mol. The molecule has 1 atom stereocenters. The third-order valence-corrected chi connectivity index (χ3v) is 5.58. The van der Waals surface area contributed by atoms with Gasteiger partial charge in [0.2, 0.25) is 0 Å². The van der Waals surface area contributed by atoms with Gasteiger partial charge in [0.1, 0.15) is 0 Å². The Bertz CT molecular complexity index is 709. The van der Waals surface area contributed by atoms with Gasteiger partial charge in [-0.15, -0.1) is 0 Å². The smallest absolute Gasteiger partial charge is 0.0693 e. The molecular formula is C20H29N5. The topological polar surface area (TPSA) is 36.3 Å². The van der Waals surface area contributed by atoms with Crippen LogP contribution >= 0.6 is 0 Å². The second kappa shape index (κ2) is 7.28. The number of nitrogens with one attached hydrogen (secondary N) is 1. The highest BCUT2D eigenvalue weighted by atomic mass is 15.3. The lowest BCUT2D eigenvalue weighted by Crippen LogP contribution is -2.50. The van der Waals surface area contributed by atoms with Crippen LogP contribution < -0.4 is 5.32 Å². The molecule has 1 unspecified atom stereocenters. The van der Waals surface area contributed by atoms with Gasteiger partial charge in [-0.3, -0.25) is 9.80 Å². The zero-order valence-electron chi connectivity index (χ0n) is 15.4. The lowest BCUT2D eigenvalue weighted by Gasteiger charge is -2.38. The molecule has 1 N–H and O–H groups in total. The lowest BCUT2D eigenvalue weighted by atomic mass is 10.1. The molecule has 0 radical (unpaired) electrons. The molecule has 2 aliphatic heterocycles. The maximum atomic E-state index is 4.68. The van der Waals surface area contributed by atoms with E-state index in [0.717, 1.165) is 31.4 Å². The molecule has 0 aliphatic carbocycles. The van der Waals surface area contributed by atoms with Gasteiger partial charge < -0.3 is 5.32 Å². The monoisotopic (exact) mass is 339 g/mol. The average Bonchev–Trinajstić information content (AvgIpc) is 3.26. The number of aryl methyl sites for hydroxylation is 2. The minimum atomic E-state index is 0.754. The molecule has 134 valence electrons. The summed E-state index contributed by atoms with van der Waals surface area (Å²) in [6.07, 6.45) is 1.31. The van der Waals surface area contributed by atoms with Gasteiger partial charge in [0.15, 0.2) is 0 Å². The summed E-state index contributed by atoms with van der Waals surface area (Å²) in [5.41, 5.74) is 4.86. The van der Waals surface area contributed by atoms with Gasteiger partial charge in [-0.1, -0.05) is 18.2 Å². The molecule has 4 rings (SSSR count). The summed E-state index contributed by atoms with van der Waals surface area (Å²) >= 11 is 0. The van der Waals surface area contributed by atoms with Crippen molar-refractivity contribution in [3.05, 3.63) is 47.3 Å². The largest absolute Gasteiger partial charge is 0.315 e. The van der Waals surface area contributed by atoms with E-state index in [4.69, 9.17) is 0 Å². The van der Waals surface area contributed by atoms with Crippen molar-refractivity contribution >= 4 is 0 Å². The van der Waals surface area contributed by atoms with Crippen LogP contribution in [0.15, 0.2) is 30.3 Å². The summed E-state index contributed by atoms with van der Waals surface area (Å²) in [6.45, 7) is 12.2. The van der Waals surface area contributed by atoms with Crippen molar-refractivity contribution in [1.29, 1.82) is 0 Å². The van der Waals surface area contributed by atoms with Gasteiger partial charge >= 0.3 is 0 Å². The number of aromatic nitrogens is 2. The van der Waals surface area contributed by atoms with Crippen molar-refractivity contribution in [3.8, 4) is 5.69 Å². The van der Waals surface area contributed by atoms with Gasteiger partial charge in [0, 0.05) is 51.0 Å². The van der Waals surface area contributed by atoms with Crippen LogP contribution in [0.25, 0.3) is 5.69 Å². The molecule has 2 aromatic rings. The predicted octanol–water partition coefficient (Wildman–Crippen LogP) is 1.97. The van der Waals surface area contributed by atoms with E-state index >= 15 is 0 Å². The average molecular weight is 339 g/mol. The van der Waals surface area contributed by atoms with Crippen molar-refractivity contribution in [2.45, 2.75) is 32.9 Å². The number of piperazine rings is 1. The Morgan fingerprint density at radius 3 is 2.60 bits per heavy atom. The first-order chi connectivity index (χ1) is 12.2. The Morgan fingerprint density at radius 2 is 1.92 bits per heavy atom. The first-order valence-electron chi connectivity index (χ1n) is 9.49. The number of hydrogen-bond acceptors (Lipinski definition) is 4. The fourth-order valence-corrected chi connectivity index (χ4v) is 4.20. The van der Waals surface area contributed by atoms with Crippen LogP contribution in [0.5, 0.6) is 0 Å². The van der Waals surface area contributed by atoms with Gasteiger partial charge in [-0.2, -0.15) is 5.10 Å².